The fourth-order valence-electron chi connectivity index (χ4n) is 2.25. The van der Waals surface area contributed by atoms with Crippen molar-refractivity contribution in [2.24, 2.45) is 0 Å². The first-order chi connectivity index (χ1) is 8.33. The largest absolute Gasteiger partial charge is 0.366 e. The Kier molecular flexibility index (Phi) is 2.60. The van der Waals surface area contributed by atoms with Gasteiger partial charge in [0.1, 0.15) is 0 Å². The molecule has 2 aromatic rings. The smallest absolute Gasteiger partial charge is 0.199 e. The van der Waals surface area contributed by atoms with Gasteiger partial charge in [0.15, 0.2) is 11.5 Å². The molecule has 0 radical (unpaired) electrons. The summed E-state index contributed by atoms with van der Waals surface area (Å²) < 4.78 is 1.68. The van der Waals surface area contributed by atoms with Crippen LogP contribution in [0.25, 0.3) is 5.65 Å². The average molecular weight is 233 g/mol. The van der Waals surface area contributed by atoms with Gasteiger partial charge in [0.2, 0.25) is 0 Å². The molecule has 1 aliphatic heterocycles. The molecule has 2 aromatic heterocycles. The van der Waals surface area contributed by atoms with Crippen LogP contribution in [0.4, 0.5) is 5.82 Å². The summed E-state index contributed by atoms with van der Waals surface area (Å²) in [7, 11) is 0. The van der Waals surface area contributed by atoms with Gasteiger partial charge in [-0.1, -0.05) is 0 Å². The number of nitrogens with zero attached hydrogens (tertiary/aromatic N) is 5. The molecule has 2 unspecified atom stereocenters. The highest BCUT2D eigenvalue weighted by molar-refractivity contribution is 5.44. The second-order valence-electron chi connectivity index (χ2n) is 4.46. The van der Waals surface area contributed by atoms with E-state index in [4.69, 9.17) is 0 Å². The molecule has 0 amide bonds. The lowest BCUT2D eigenvalue weighted by atomic mass is 10.0. The molecule has 1 fully saturated rings. The number of rotatable bonds is 2. The van der Waals surface area contributed by atoms with Crippen molar-refractivity contribution in [2.45, 2.75) is 31.8 Å². The third kappa shape index (κ3) is 2.05. The molecule has 7 nitrogen and oxygen atoms in total. The molecule has 17 heavy (non-hydrogen) atoms. The zero-order chi connectivity index (χ0) is 11.7. The van der Waals surface area contributed by atoms with E-state index < -0.39 is 0 Å². The van der Waals surface area contributed by atoms with Crippen molar-refractivity contribution in [3.63, 3.8) is 0 Å². The van der Waals surface area contributed by atoms with Gasteiger partial charge >= 0.3 is 0 Å². The molecule has 3 heterocycles. The van der Waals surface area contributed by atoms with Crippen LogP contribution in [0.2, 0.25) is 0 Å². The Morgan fingerprint density at radius 3 is 3.29 bits per heavy atom. The minimum Gasteiger partial charge on any atom is -0.366 e. The number of anilines is 1. The first-order valence-electron chi connectivity index (χ1n) is 5.85. The average Bonchev–Trinajstić information content (AvgIpc) is 2.78. The molecule has 2 atom stereocenters. The van der Waals surface area contributed by atoms with E-state index in [9.17, 15) is 0 Å². The van der Waals surface area contributed by atoms with E-state index >= 15 is 0 Å². The van der Waals surface area contributed by atoms with Gasteiger partial charge in [-0.2, -0.15) is 4.52 Å². The monoisotopic (exact) mass is 233 g/mol. The molecular formula is C10H15N7. The van der Waals surface area contributed by atoms with Crippen molar-refractivity contribution >= 4 is 11.5 Å². The summed E-state index contributed by atoms with van der Waals surface area (Å²) in [5.74, 6) is 0.853. The molecule has 0 saturated carbocycles. The number of tetrazole rings is 1. The number of aromatic nitrogens is 5. The van der Waals surface area contributed by atoms with Crippen LogP contribution >= 0.6 is 0 Å². The number of hydrogen-bond acceptors (Lipinski definition) is 6. The van der Waals surface area contributed by atoms with Crippen molar-refractivity contribution in [1.29, 1.82) is 0 Å². The van der Waals surface area contributed by atoms with Crippen molar-refractivity contribution < 1.29 is 0 Å². The Labute approximate surface area is 98.6 Å². The molecule has 3 rings (SSSR count). The highest BCUT2D eigenvalue weighted by atomic mass is 15.5. The molecule has 0 aliphatic carbocycles. The van der Waals surface area contributed by atoms with Crippen molar-refractivity contribution in [1.82, 2.24) is 30.3 Å². The van der Waals surface area contributed by atoms with Gasteiger partial charge in [0, 0.05) is 12.1 Å². The van der Waals surface area contributed by atoms with Gasteiger partial charge in [-0.15, -0.1) is 5.10 Å². The zero-order valence-electron chi connectivity index (χ0n) is 9.67. The second-order valence-corrected chi connectivity index (χ2v) is 4.46. The summed E-state index contributed by atoms with van der Waals surface area (Å²) in [5.41, 5.74) is 0.664. The molecule has 1 aliphatic rings. The number of hydrogen-bond donors (Lipinski definition) is 2. The number of nitrogens with one attached hydrogen (secondary N) is 2. The molecule has 0 bridgehead atoms. The molecule has 90 valence electrons. The first kappa shape index (κ1) is 10.4. The predicted octanol–water partition coefficient (Wildman–Crippen LogP) is 0.0717. The van der Waals surface area contributed by atoms with E-state index in [1.54, 1.807) is 16.9 Å². The van der Waals surface area contributed by atoms with E-state index in [0.717, 1.165) is 25.2 Å². The van der Waals surface area contributed by atoms with Gasteiger partial charge in [-0.3, -0.25) is 4.98 Å². The maximum absolute atomic E-state index is 4.13. The van der Waals surface area contributed by atoms with E-state index in [0.29, 0.717) is 17.7 Å². The van der Waals surface area contributed by atoms with E-state index in [2.05, 4.69) is 38.1 Å². The van der Waals surface area contributed by atoms with Crippen LogP contribution in [0, 0.1) is 0 Å². The highest BCUT2D eigenvalue weighted by Gasteiger charge is 2.19. The fourth-order valence-corrected chi connectivity index (χ4v) is 2.25. The Morgan fingerprint density at radius 2 is 2.41 bits per heavy atom. The van der Waals surface area contributed by atoms with Gasteiger partial charge < -0.3 is 10.6 Å². The van der Waals surface area contributed by atoms with Gasteiger partial charge in [-0.05, 0) is 36.7 Å². The number of fused-ring (bicyclic) bond motifs is 1. The second kappa shape index (κ2) is 4.25. The minimum atomic E-state index is 0.447. The third-order valence-corrected chi connectivity index (χ3v) is 3.08. The normalized spacial score (nSPS) is 25.0. The lowest BCUT2D eigenvalue weighted by Gasteiger charge is -2.29. The van der Waals surface area contributed by atoms with Crippen molar-refractivity contribution in [2.75, 3.05) is 11.9 Å². The molecule has 0 aromatic carbocycles. The van der Waals surface area contributed by atoms with E-state index in [-0.39, 0.29) is 0 Å². The molecular weight excluding hydrogens is 218 g/mol. The van der Waals surface area contributed by atoms with Crippen molar-refractivity contribution in [3.05, 3.63) is 12.4 Å². The van der Waals surface area contributed by atoms with Crippen molar-refractivity contribution in [3.8, 4) is 0 Å². The Morgan fingerprint density at radius 1 is 1.47 bits per heavy atom. The topological polar surface area (TPSA) is 80.0 Å². The van der Waals surface area contributed by atoms with Crippen LogP contribution in [0.15, 0.2) is 12.4 Å². The Bertz CT molecular complexity index is 508. The lowest BCUT2D eigenvalue weighted by Crippen LogP contribution is -2.41. The molecule has 2 N–H and O–H groups in total. The summed E-state index contributed by atoms with van der Waals surface area (Å²) in [6.45, 7) is 3.24. The van der Waals surface area contributed by atoms with Gasteiger partial charge in [0.25, 0.3) is 0 Å². The summed E-state index contributed by atoms with van der Waals surface area (Å²) in [6.07, 6.45) is 5.60. The lowest BCUT2D eigenvalue weighted by molar-refractivity contribution is 0.395. The SMILES string of the molecule is CC1CC(Nc2cncc3nnnn23)CCN1. The maximum Gasteiger partial charge on any atom is 0.199 e. The van der Waals surface area contributed by atoms with Crippen LogP contribution in [0.3, 0.4) is 0 Å². The van der Waals surface area contributed by atoms with Gasteiger partial charge in [-0.25, -0.2) is 0 Å². The van der Waals surface area contributed by atoms with Crippen LogP contribution < -0.4 is 10.6 Å². The van der Waals surface area contributed by atoms with Crippen LogP contribution in [-0.2, 0) is 0 Å². The summed E-state index contributed by atoms with van der Waals surface area (Å²) >= 11 is 0. The number of piperidine rings is 1. The van der Waals surface area contributed by atoms with E-state index in [1.807, 2.05) is 0 Å². The Balaban J connectivity index is 1.82. The minimum absolute atomic E-state index is 0.447. The molecule has 7 heteroatoms. The molecule has 1 saturated heterocycles. The molecule has 0 spiro atoms. The van der Waals surface area contributed by atoms with Crippen LogP contribution in [0.1, 0.15) is 19.8 Å². The summed E-state index contributed by atoms with van der Waals surface area (Å²) in [5, 5.41) is 18.3. The van der Waals surface area contributed by atoms with Crippen LogP contribution in [0.5, 0.6) is 0 Å². The highest BCUT2D eigenvalue weighted by Crippen LogP contribution is 2.15. The summed E-state index contributed by atoms with van der Waals surface area (Å²) in [4.78, 5) is 4.13. The van der Waals surface area contributed by atoms with Crippen LogP contribution in [-0.4, -0.2) is 43.7 Å². The fraction of sp³-hybridized carbons (Fsp3) is 0.600. The Hall–Kier alpha value is -1.76. The quantitative estimate of drug-likeness (QED) is 0.764. The first-order valence-corrected chi connectivity index (χ1v) is 5.85. The van der Waals surface area contributed by atoms with Gasteiger partial charge in [0.05, 0.1) is 12.4 Å². The van der Waals surface area contributed by atoms with E-state index in [1.165, 1.54) is 0 Å². The maximum atomic E-state index is 4.13. The summed E-state index contributed by atoms with van der Waals surface area (Å²) in [6, 6.07) is 0.991. The third-order valence-electron chi connectivity index (χ3n) is 3.08. The predicted molar refractivity (Wildman–Crippen MR) is 62.7 cm³/mol. The zero-order valence-corrected chi connectivity index (χ0v) is 9.67. The standard InChI is InChI=1S/C10H15N7/c1-7-4-8(2-3-12-7)13-9-5-11-6-10-14-15-16-17(9)10/h5-8,12-13H,2-4H2,1H3.